The largest absolute Gasteiger partial charge is 0.356 e. The normalized spacial score (nSPS) is 12.4. The predicted molar refractivity (Wildman–Crippen MR) is 105 cm³/mol. The zero-order valence-corrected chi connectivity index (χ0v) is 16.7. The molecule has 0 amide bonds. The molecule has 0 aliphatic heterocycles. The Balaban J connectivity index is 1.97. The van der Waals surface area contributed by atoms with Crippen LogP contribution in [0, 0.1) is 13.8 Å². The van der Waals surface area contributed by atoms with Gasteiger partial charge in [0, 0.05) is 48.9 Å². The number of aromatic nitrogens is 2. The molecule has 0 saturated carbocycles. The molecule has 2 rings (SSSR count). The minimum absolute atomic E-state index is 0.0393. The molecular formula is C19H28ClN5. The van der Waals surface area contributed by atoms with E-state index in [0.29, 0.717) is 6.54 Å². The highest BCUT2D eigenvalue weighted by atomic mass is 35.5. The summed E-state index contributed by atoms with van der Waals surface area (Å²) in [5, 5.41) is 12.0. The van der Waals surface area contributed by atoms with Gasteiger partial charge in [-0.05, 0) is 31.5 Å². The minimum Gasteiger partial charge on any atom is -0.356 e. The van der Waals surface area contributed by atoms with Crippen LogP contribution >= 0.6 is 11.6 Å². The van der Waals surface area contributed by atoms with Gasteiger partial charge in [-0.2, -0.15) is 5.10 Å². The molecule has 0 saturated heterocycles. The van der Waals surface area contributed by atoms with Crippen LogP contribution in [-0.2, 0) is 19.0 Å². The summed E-state index contributed by atoms with van der Waals surface area (Å²) in [6, 6.07) is 8.00. The molecule has 6 heteroatoms. The average molecular weight is 362 g/mol. The molecule has 1 heterocycles. The van der Waals surface area contributed by atoms with Crippen molar-refractivity contribution in [3.63, 3.8) is 0 Å². The Hall–Kier alpha value is -2.01. The van der Waals surface area contributed by atoms with Crippen LogP contribution in [0.1, 0.15) is 36.4 Å². The summed E-state index contributed by atoms with van der Waals surface area (Å²) in [5.74, 6) is 0.782. The molecular weight excluding hydrogens is 334 g/mol. The van der Waals surface area contributed by atoms with Gasteiger partial charge in [-0.1, -0.05) is 37.6 Å². The van der Waals surface area contributed by atoms with Crippen molar-refractivity contribution in [3.05, 3.63) is 51.8 Å². The Morgan fingerprint density at radius 1 is 1.20 bits per heavy atom. The number of rotatable bonds is 5. The van der Waals surface area contributed by atoms with E-state index >= 15 is 0 Å². The maximum atomic E-state index is 5.99. The van der Waals surface area contributed by atoms with Crippen molar-refractivity contribution < 1.29 is 0 Å². The van der Waals surface area contributed by atoms with Crippen molar-refractivity contribution in [2.24, 2.45) is 12.0 Å². The Morgan fingerprint density at radius 3 is 2.36 bits per heavy atom. The lowest BCUT2D eigenvalue weighted by molar-refractivity contribution is 0.508. The third kappa shape index (κ3) is 4.75. The van der Waals surface area contributed by atoms with Crippen LogP contribution in [0.4, 0.5) is 0 Å². The van der Waals surface area contributed by atoms with E-state index in [9.17, 15) is 0 Å². The van der Waals surface area contributed by atoms with E-state index in [2.05, 4.69) is 53.6 Å². The van der Waals surface area contributed by atoms with Gasteiger partial charge in [0.1, 0.15) is 0 Å². The molecule has 0 aliphatic carbocycles. The molecule has 0 aliphatic rings. The van der Waals surface area contributed by atoms with Crippen molar-refractivity contribution in [1.29, 1.82) is 0 Å². The standard InChI is InChI=1S/C19H28ClN5/c1-13-17(14(2)25(6)24-13)11-22-18(21-5)23-12-19(3,4)15-7-9-16(20)10-8-15/h7-10H,11-12H2,1-6H3,(H2,21,22,23). The van der Waals surface area contributed by atoms with Crippen LogP contribution < -0.4 is 10.6 Å². The monoisotopic (exact) mass is 361 g/mol. The fraction of sp³-hybridized carbons (Fsp3) is 0.474. The van der Waals surface area contributed by atoms with Crippen molar-refractivity contribution in [2.45, 2.75) is 39.7 Å². The quantitative estimate of drug-likeness (QED) is 0.634. The fourth-order valence-corrected chi connectivity index (χ4v) is 2.90. The van der Waals surface area contributed by atoms with E-state index in [4.69, 9.17) is 11.6 Å². The molecule has 0 fully saturated rings. The summed E-state index contributed by atoms with van der Waals surface area (Å²) in [6.07, 6.45) is 0. The highest BCUT2D eigenvalue weighted by Gasteiger charge is 2.21. The molecule has 136 valence electrons. The summed E-state index contributed by atoms with van der Waals surface area (Å²) >= 11 is 5.99. The van der Waals surface area contributed by atoms with Crippen LogP contribution in [0.2, 0.25) is 5.02 Å². The van der Waals surface area contributed by atoms with Crippen LogP contribution in [0.5, 0.6) is 0 Å². The van der Waals surface area contributed by atoms with Gasteiger partial charge in [-0.25, -0.2) is 0 Å². The van der Waals surface area contributed by atoms with Gasteiger partial charge in [0.05, 0.1) is 5.69 Å². The summed E-state index contributed by atoms with van der Waals surface area (Å²) in [5.41, 5.74) is 4.62. The maximum absolute atomic E-state index is 5.99. The maximum Gasteiger partial charge on any atom is 0.191 e. The highest BCUT2D eigenvalue weighted by Crippen LogP contribution is 2.23. The van der Waals surface area contributed by atoms with Gasteiger partial charge in [0.2, 0.25) is 0 Å². The Kier molecular flexibility index (Phi) is 6.11. The lowest BCUT2D eigenvalue weighted by Gasteiger charge is -2.27. The van der Waals surface area contributed by atoms with Crippen LogP contribution in [0.3, 0.4) is 0 Å². The second kappa shape index (κ2) is 7.91. The molecule has 0 radical (unpaired) electrons. The predicted octanol–water partition coefficient (Wildman–Crippen LogP) is 3.33. The lowest BCUT2D eigenvalue weighted by Crippen LogP contribution is -2.43. The average Bonchev–Trinajstić information content (AvgIpc) is 2.81. The van der Waals surface area contributed by atoms with Gasteiger partial charge < -0.3 is 10.6 Å². The third-order valence-electron chi connectivity index (χ3n) is 4.64. The number of aliphatic imine (C=N–C) groups is 1. The Morgan fingerprint density at radius 2 is 1.84 bits per heavy atom. The first-order valence-electron chi connectivity index (χ1n) is 8.44. The molecule has 0 atom stereocenters. The van der Waals surface area contributed by atoms with E-state index in [1.165, 1.54) is 16.8 Å². The third-order valence-corrected chi connectivity index (χ3v) is 4.89. The summed E-state index contributed by atoms with van der Waals surface area (Å²) in [6.45, 7) is 9.98. The summed E-state index contributed by atoms with van der Waals surface area (Å²) in [4.78, 5) is 4.33. The van der Waals surface area contributed by atoms with Crippen LogP contribution in [-0.4, -0.2) is 29.3 Å². The number of hydrogen-bond acceptors (Lipinski definition) is 2. The summed E-state index contributed by atoms with van der Waals surface area (Å²) in [7, 11) is 3.75. The number of hydrogen-bond donors (Lipinski definition) is 2. The molecule has 25 heavy (non-hydrogen) atoms. The fourth-order valence-electron chi connectivity index (χ4n) is 2.77. The highest BCUT2D eigenvalue weighted by molar-refractivity contribution is 6.30. The van der Waals surface area contributed by atoms with E-state index in [-0.39, 0.29) is 5.41 Å². The van der Waals surface area contributed by atoms with Gasteiger partial charge in [-0.3, -0.25) is 9.67 Å². The SMILES string of the molecule is CN=C(NCc1c(C)nn(C)c1C)NCC(C)(C)c1ccc(Cl)cc1. The second-order valence-corrected chi connectivity index (χ2v) is 7.38. The van der Waals surface area contributed by atoms with Crippen molar-refractivity contribution >= 4 is 17.6 Å². The molecule has 2 aromatic rings. The van der Waals surface area contributed by atoms with Gasteiger partial charge in [0.25, 0.3) is 0 Å². The first kappa shape index (κ1) is 19.3. The molecule has 0 bridgehead atoms. The van der Waals surface area contributed by atoms with Crippen molar-refractivity contribution in [1.82, 2.24) is 20.4 Å². The molecule has 0 spiro atoms. The van der Waals surface area contributed by atoms with Crippen molar-refractivity contribution in [2.75, 3.05) is 13.6 Å². The number of aryl methyl sites for hydroxylation is 2. The number of benzene rings is 1. The Bertz CT molecular complexity index is 744. The van der Waals surface area contributed by atoms with Crippen LogP contribution in [0.15, 0.2) is 29.3 Å². The zero-order chi connectivity index (χ0) is 18.6. The van der Waals surface area contributed by atoms with Crippen molar-refractivity contribution in [3.8, 4) is 0 Å². The number of nitrogens with zero attached hydrogens (tertiary/aromatic N) is 3. The minimum atomic E-state index is -0.0393. The van der Waals surface area contributed by atoms with E-state index in [1.807, 2.05) is 30.8 Å². The zero-order valence-electron chi connectivity index (χ0n) is 15.9. The first-order valence-corrected chi connectivity index (χ1v) is 8.82. The molecule has 5 nitrogen and oxygen atoms in total. The van der Waals surface area contributed by atoms with Gasteiger partial charge >= 0.3 is 0 Å². The number of halogens is 1. The molecule has 1 aromatic carbocycles. The van der Waals surface area contributed by atoms with Gasteiger partial charge in [0.15, 0.2) is 5.96 Å². The first-order chi connectivity index (χ1) is 11.7. The number of nitrogens with one attached hydrogen (secondary N) is 2. The van der Waals surface area contributed by atoms with Gasteiger partial charge in [-0.15, -0.1) is 0 Å². The smallest absolute Gasteiger partial charge is 0.191 e. The van der Waals surface area contributed by atoms with E-state index < -0.39 is 0 Å². The molecule has 2 N–H and O–H groups in total. The second-order valence-electron chi connectivity index (χ2n) is 6.94. The number of guanidine groups is 1. The molecule has 0 unspecified atom stereocenters. The Labute approximate surface area is 155 Å². The lowest BCUT2D eigenvalue weighted by atomic mass is 9.85. The van der Waals surface area contributed by atoms with Crippen LogP contribution in [0.25, 0.3) is 0 Å². The molecule has 1 aromatic heterocycles. The van der Waals surface area contributed by atoms with E-state index in [0.717, 1.165) is 23.2 Å². The summed E-state index contributed by atoms with van der Waals surface area (Å²) < 4.78 is 1.91. The van der Waals surface area contributed by atoms with E-state index in [1.54, 1.807) is 7.05 Å². The topological polar surface area (TPSA) is 54.2 Å².